The second-order valence-corrected chi connectivity index (χ2v) is 22.0. The van der Waals surface area contributed by atoms with Crippen LogP contribution in [-0.2, 0) is 10.8 Å². The third kappa shape index (κ3) is 5.67. The predicted octanol–water partition coefficient (Wildman–Crippen LogP) is 18.8. The van der Waals surface area contributed by atoms with Crippen molar-refractivity contribution in [3.05, 3.63) is 305 Å². The highest BCUT2D eigenvalue weighted by molar-refractivity contribution is 7.99. The minimum Gasteiger partial charge on any atom is -0.310 e. The van der Waals surface area contributed by atoms with Gasteiger partial charge in [0.15, 0.2) is 0 Å². The summed E-state index contributed by atoms with van der Waals surface area (Å²) in [7, 11) is 0. The quantitative estimate of drug-likeness (QED) is 0.162. The smallest absolute Gasteiger partial charge is 0.0735 e. The van der Waals surface area contributed by atoms with Crippen molar-refractivity contribution >= 4 is 62.1 Å². The van der Waals surface area contributed by atoms with Gasteiger partial charge in [-0.25, -0.2) is 0 Å². The molecule has 73 heavy (non-hydrogen) atoms. The fourth-order valence-electron chi connectivity index (χ4n) is 13.4. The zero-order chi connectivity index (χ0) is 47.8. The molecule has 16 rings (SSSR count). The summed E-state index contributed by atoms with van der Waals surface area (Å²) in [6, 6.07) is 98.5. The van der Waals surface area contributed by atoms with Crippen molar-refractivity contribution in [2.45, 2.75) is 30.4 Å². The molecule has 1 nitrogen and oxygen atoms in total. The summed E-state index contributed by atoms with van der Waals surface area (Å²) in [5.74, 6) is 0. The highest BCUT2D eigenvalue weighted by atomic mass is 32.2. The summed E-state index contributed by atoms with van der Waals surface area (Å²) in [4.78, 5) is 7.75. The van der Waals surface area contributed by atoms with Gasteiger partial charge < -0.3 is 4.90 Å². The van der Waals surface area contributed by atoms with Crippen molar-refractivity contribution in [3.63, 3.8) is 0 Å². The van der Waals surface area contributed by atoms with Crippen LogP contribution in [0.25, 0.3) is 54.9 Å². The molecular weight excluding hydrogens is 919 g/mol. The van der Waals surface area contributed by atoms with Gasteiger partial charge in [0.05, 0.1) is 10.8 Å². The summed E-state index contributed by atoms with van der Waals surface area (Å²) >= 11 is 3.78. The maximum atomic E-state index is 2.50. The van der Waals surface area contributed by atoms with Crippen LogP contribution in [-0.4, -0.2) is 0 Å². The first-order valence-corrected chi connectivity index (χ1v) is 26.9. The number of anilines is 3. The molecule has 0 unspecified atom stereocenters. The Kier molecular flexibility index (Phi) is 8.81. The van der Waals surface area contributed by atoms with Gasteiger partial charge in [-0.05, 0) is 166 Å². The van der Waals surface area contributed by atoms with Gasteiger partial charge >= 0.3 is 0 Å². The molecule has 0 atom stereocenters. The summed E-state index contributed by atoms with van der Waals surface area (Å²) in [5, 5.41) is 5.08. The summed E-state index contributed by atoms with van der Waals surface area (Å²) in [5.41, 5.74) is 20.7. The topological polar surface area (TPSA) is 3.24 Å². The standard InChI is InChI=1S/C70H43NS2/c1-2-16-51-45(15-1)29-30-47-41-46(33-38-52(47)51)44-31-34-48(35-32-44)71(49-36-39-59-55(42-49)53-17-3-5-19-57(53)69(59)61-21-7-11-25-65(61)72-66-26-12-8-22-62(66)69)50-37-40-60-56(43-50)54-18-4-6-20-58(54)70(60)63-23-9-13-27-67(63)73-68-28-14-10-24-64(68)70/h1-43H. The molecule has 2 aliphatic heterocycles. The molecule has 12 aromatic carbocycles. The Morgan fingerprint density at radius 1 is 0.247 bits per heavy atom. The van der Waals surface area contributed by atoms with Gasteiger partial charge in [-0.15, -0.1) is 0 Å². The van der Waals surface area contributed by atoms with Crippen LogP contribution in [0.1, 0.15) is 44.5 Å². The number of fused-ring (bicyclic) bond motifs is 21. The largest absolute Gasteiger partial charge is 0.310 e. The number of nitrogens with zero attached hydrogens (tertiary/aromatic N) is 1. The van der Waals surface area contributed by atoms with E-state index in [0.717, 1.165) is 17.1 Å². The monoisotopic (exact) mass is 961 g/mol. The van der Waals surface area contributed by atoms with Gasteiger partial charge in [-0.2, -0.15) is 0 Å². The Hall–Kier alpha value is -8.34. The lowest BCUT2D eigenvalue weighted by Gasteiger charge is -2.40. The number of hydrogen-bond acceptors (Lipinski definition) is 3. The molecule has 0 saturated heterocycles. The Labute approximate surface area is 433 Å². The minimum atomic E-state index is -0.446. The van der Waals surface area contributed by atoms with Crippen LogP contribution in [0, 0.1) is 0 Å². The molecule has 3 heteroatoms. The normalized spacial score (nSPS) is 14.4. The lowest BCUT2D eigenvalue weighted by Crippen LogP contribution is -2.32. The third-order valence-electron chi connectivity index (χ3n) is 16.4. The van der Waals surface area contributed by atoms with Crippen molar-refractivity contribution in [2.75, 3.05) is 4.90 Å². The highest BCUT2D eigenvalue weighted by Gasteiger charge is 2.52. The van der Waals surface area contributed by atoms with E-state index in [-0.39, 0.29) is 0 Å². The zero-order valence-corrected chi connectivity index (χ0v) is 41.2. The highest BCUT2D eigenvalue weighted by Crippen LogP contribution is 2.65. The van der Waals surface area contributed by atoms with E-state index in [9.17, 15) is 0 Å². The van der Waals surface area contributed by atoms with Gasteiger partial charge in [-0.3, -0.25) is 0 Å². The second kappa shape index (κ2) is 15.6. The minimum absolute atomic E-state index is 0.446. The van der Waals surface area contributed by atoms with Crippen LogP contribution < -0.4 is 4.90 Å². The van der Waals surface area contributed by atoms with E-state index in [0.29, 0.717) is 0 Å². The van der Waals surface area contributed by atoms with Gasteiger partial charge in [0.2, 0.25) is 0 Å². The average molecular weight is 962 g/mol. The maximum absolute atomic E-state index is 2.50. The van der Waals surface area contributed by atoms with E-state index in [1.165, 1.54) is 119 Å². The van der Waals surface area contributed by atoms with Gasteiger partial charge in [0.25, 0.3) is 0 Å². The number of hydrogen-bond donors (Lipinski definition) is 0. The van der Waals surface area contributed by atoms with E-state index in [1.807, 2.05) is 23.5 Å². The van der Waals surface area contributed by atoms with Crippen LogP contribution in [0.4, 0.5) is 17.1 Å². The SMILES string of the molecule is c1ccc2c(c1)Sc1ccccc1C21c2ccccc2-c2cc(N(c3ccc(-c4ccc5c(ccc6ccccc65)c4)cc3)c3ccc4c(c3)-c3ccccc3C43c4ccccc4Sc4ccccc43)ccc21. The predicted molar refractivity (Wildman–Crippen MR) is 304 cm³/mol. The lowest BCUT2D eigenvalue weighted by atomic mass is 9.67. The molecule has 0 aromatic heterocycles. The van der Waals surface area contributed by atoms with E-state index in [1.54, 1.807) is 0 Å². The average Bonchev–Trinajstić information content (AvgIpc) is 3.91. The fourth-order valence-corrected chi connectivity index (χ4v) is 15.8. The van der Waals surface area contributed by atoms with Crippen LogP contribution in [0.5, 0.6) is 0 Å². The molecule has 0 N–H and O–H groups in total. The Morgan fingerprint density at radius 3 is 1.15 bits per heavy atom. The lowest BCUT2D eigenvalue weighted by molar-refractivity contribution is 0.722. The molecule has 0 fully saturated rings. The first kappa shape index (κ1) is 41.3. The van der Waals surface area contributed by atoms with Crippen molar-refractivity contribution in [2.24, 2.45) is 0 Å². The van der Waals surface area contributed by atoms with Crippen molar-refractivity contribution < 1.29 is 0 Å². The number of rotatable bonds is 4. The first-order valence-electron chi connectivity index (χ1n) is 25.2. The summed E-state index contributed by atoms with van der Waals surface area (Å²) < 4.78 is 0. The Balaban J connectivity index is 0.908. The summed E-state index contributed by atoms with van der Waals surface area (Å²) in [6.07, 6.45) is 0. The molecule has 0 bridgehead atoms. The third-order valence-corrected chi connectivity index (χ3v) is 18.7. The molecule has 2 heterocycles. The van der Waals surface area contributed by atoms with Crippen LogP contribution in [0.2, 0.25) is 0 Å². The second-order valence-electron chi connectivity index (χ2n) is 19.8. The van der Waals surface area contributed by atoms with Crippen molar-refractivity contribution in [1.29, 1.82) is 0 Å². The maximum Gasteiger partial charge on any atom is 0.0735 e. The molecular formula is C70H43NS2. The molecule has 2 aliphatic carbocycles. The van der Waals surface area contributed by atoms with Crippen molar-refractivity contribution in [3.8, 4) is 33.4 Å². The van der Waals surface area contributed by atoms with Crippen LogP contribution in [0.15, 0.2) is 280 Å². The first-order chi connectivity index (χ1) is 36.2. The van der Waals surface area contributed by atoms with Gasteiger partial charge in [0.1, 0.15) is 0 Å². The fraction of sp³-hybridized carbons (Fsp3) is 0.0286. The molecule has 4 aliphatic rings. The van der Waals surface area contributed by atoms with Crippen LogP contribution >= 0.6 is 23.5 Å². The van der Waals surface area contributed by atoms with E-state index < -0.39 is 10.8 Å². The van der Waals surface area contributed by atoms with Crippen LogP contribution in [0.3, 0.4) is 0 Å². The van der Waals surface area contributed by atoms with Gasteiger partial charge in [0, 0.05) is 36.6 Å². The molecule has 12 aromatic rings. The molecule has 0 amide bonds. The van der Waals surface area contributed by atoms with E-state index in [2.05, 4.69) is 266 Å². The summed E-state index contributed by atoms with van der Waals surface area (Å²) in [6.45, 7) is 0. The van der Waals surface area contributed by atoms with E-state index in [4.69, 9.17) is 0 Å². The number of benzene rings is 12. The molecule has 0 radical (unpaired) electrons. The molecule has 340 valence electrons. The Morgan fingerprint density at radius 2 is 0.630 bits per heavy atom. The van der Waals surface area contributed by atoms with Gasteiger partial charge in [-0.1, -0.05) is 218 Å². The Bertz CT molecular complexity index is 4010. The van der Waals surface area contributed by atoms with Crippen molar-refractivity contribution in [1.82, 2.24) is 0 Å². The molecule has 0 saturated carbocycles. The van der Waals surface area contributed by atoms with E-state index >= 15 is 0 Å². The zero-order valence-electron chi connectivity index (χ0n) is 39.6. The molecule has 2 spiro atoms.